The lowest BCUT2D eigenvalue weighted by Gasteiger charge is -2.11. The van der Waals surface area contributed by atoms with Crippen LogP contribution in [0.25, 0.3) is 0 Å². The van der Waals surface area contributed by atoms with Gasteiger partial charge in [0.15, 0.2) is 0 Å². The maximum atomic E-state index is 3.85. The Kier molecular flexibility index (Phi) is 4.36. The van der Waals surface area contributed by atoms with E-state index in [0.717, 1.165) is 13.0 Å². The summed E-state index contributed by atoms with van der Waals surface area (Å²) >= 11 is 1.84. The van der Waals surface area contributed by atoms with Gasteiger partial charge < -0.3 is 4.90 Å². The summed E-state index contributed by atoms with van der Waals surface area (Å²) in [6.45, 7) is 7.17. The third-order valence-corrected chi connectivity index (χ3v) is 3.54. The van der Waals surface area contributed by atoms with Crippen LogP contribution in [0.2, 0.25) is 0 Å². The SMILES string of the molecule is C=CC(C)c1sccc1CCN(C)C. The highest BCUT2D eigenvalue weighted by Gasteiger charge is 2.08. The highest BCUT2D eigenvalue weighted by molar-refractivity contribution is 7.10. The van der Waals surface area contributed by atoms with Crippen LogP contribution < -0.4 is 0 Å². The molecule has 0 N–H and O–H groups in total. The number of nitrogens with zero attached hydrogens (tertiary/aromatic N) is 1. The molecule has 0 radical (unpaired) electrons. The molecule has 1 heterocycles. The molecule has 0 aliphatic carbocycles. The highest BCUT2D eigenvalue weighted by Crippen LogP contribution is 2.26. The van der Waals surface area contributed by atoms with Crippen molar-refractivity contribution in [3.63, 3.8) is 0 Å². The van der Waals surface area contributed by atoms with Crippen LogP contribution in [0.5, 0.6) is 0 Å². The summed E-state index contributed by atoms with van der Waals surface area (Å²) in [7, 11) is 4.23. The minimum atomic E-state index is 0.493. The van der Waals surface area contributed by atoms with Gasteiger partial charge in [-0.25, -0.2) is 0 Å². The van der Waals surface area contributed by atoms with E-state index < -0.39 is 0 Å². The van der Waals surface area contributed by atoms with E-state index in [1.165, 1.54) is 10.4 Å². The predicted octanol–water partition coefficient (Wildman–Crippen LogP) is 3.14. The second-order valence-electron chi connectivity index (χ2n) is 3.89. The van der Waals surface area contributed by atoms with E-state index in [9.17, 15) is 0 Å². The monoisotopic (exact) mass is 209 g/mol. The molecule has 1 nitrogen and oxygen atoms in total. The van der Waals surface area contributed by atoms with Gasteiger partial charge in [0.05, 0.1) is 0 Å². The molecule has 0 amide bonds. The van der Waals surface area contributed by atoms with Gasteiger partial charge in [-0.3, -0.25) is 0 Å². The van der Waals surface area contributed by atoms with E-state index in [-0.39, 0.29) is 0 Å². The Morgan fingerprint density at radius 1 is 1.57 bits per heavy atom. The van der Waals surface area contributed by atoms with E-state index in [2.05, 4.69) is 43.9 Å². The van der Waals surface area contributed by atoms with E-state index in [0.29, 0.717) is 5.92 Å². The van der Waals surface area contributed by atoms with E-state index in [4.69, 9.17) is 0 Å². The van der Waals surface area contributed by atoms with Crippen LogP contribution >= 0.6 is 11.3 Å². The smallest absolute Gasteiger partial charge is 0.0143 e. The molecular formula is C12H19NS. The zero-order valence-electron chi connectivity index (χ0n) is 9.29. The number of likely N-dealkylation sites (N-methyl/N-ethyl adjacent to an activating group) is 1. The molecule has 2 heteroatoms. The number of thiophene rings is 1. The predicted molar refractivity (Wildman–Crippen MR) is 65.2 cm³/mol. The molecule has 0 aromatic carbocycles. The topological polar surface area (TPSA) is 3.24 Å². The normalized spacial score (nSPS) is 13.1. The zero-order chi connectivity index (χ0) is 10.6. The lowest BCUT2D eigenvalue weighted by atomic mass is 10.0. The first-order valence-corrected chi connectivity index (χ1v) is 5.86. The third-order valence-electron chi connectivity index (χ3n) is 2.38. The summed E-state index contributed by atoms with van der Waals surface area (Å²) in [5, 5.41) is 2.18. The Bertz CT molecular complexity index is 288. The molecule has 1 atom stereocenters. The highest BCUT2D eigenvalue weighted by atomic mass is 32.1. The van der Waals surface area contributed by atoms with Gasteiger partial charge in [0, 0.05) is 17.3 Å². The lowest BCUT2D eigenvalue weighted by Crippen LogP contribution is -2.15. The number of hydrogen-bond donors (Lipinski definition) is 0. The Labute approximate surface area is 91.1 Å². The van der Waals surface area contributed by atoms with Crippen molar-refractivity contribution in [3.8, 4) is 0 Å². The van der Waals surface area contributed by atoms with Gasteiger partial charge in [-0.15, -0.1) is 17.9 Å². The number of allylic oxidation sites excluding steroid dienone is 1. The summed E-state index contributed by atoms with van der Waals surface area (Å²) in [5.74, 6) is 0.493. The Hall–Kier alpha value is -0.600. The minimum absolute atomic E-state index is 0.493. The van der Waals surface area contributed by atoms with Crippen LogP contribution in [-0.4, -0.2) is 25.5 Å². The molecule has 1 aromatic heterocycles. The first-order chi connectivity index (χ1) is 6.65. The quantitative estimate of drug-likeness (QED) is 0.673. The van der Waals surface area contributed by atoms with Gasteiger partial charge in [0.25, 0.3) is 0 Å². The molecule has 14 heavy (non-hydrogen) atoms. The summed E-state index contributed by atoms with van der Waals surface area (Å²) in [5.41, 5.74) is 1.48. The second kappa shape index (κ2) is 5.32. The van der Waals surface area contributed by atoms with Crippen LogP contribution in [0.4, 0.5) is 0 Å². The van der Waals surface area contributed by atoms with Gasteiger partial charge >= 0.3 is 0 Å². The molecule has 0 fully saturated rings. The fraction of sp³-hybridized carbons (Fsp3) is 0.500. The van der Waals surface area contributed by atoms with Gasteiger partial charge in [-0.2, -0.15) is 0 Å². The van der Waals surface area contributed by atoms with Gasteiger partial charge in [-0.1, -0.05) is 13.0 Å². The van der Waals surface area contributed by atoms with Crippen molar-refractivity contribution in [2.45, 2.75) is 19.3 Å². The Balaban J connectivity index is 2.67. The summed E-state index contributed by atoms with van der Waals surface area (Å²) in [4.78, 5) is 3.70. The minimum Gasteiger partial charge on any atom is -0.309 e. The first kappa shape index (κ1) is 11.5. The van der Waals surface area contributed by atoms with Crippen molar-refractivity contribution in [2.75, 3.05) is 20.6 Å². The molecule has 1 unspecified atom stereocenters. The maximum Gasteiger partial charge on any atom is 0.0143 e. The summed E-state index contributed by atoms with van der Waals surface area (Å²) < 4.78 is 0. The maximum absolute atomic E-state index is 3.85. The Morgan fingerprint density at radius 2 is 2.29 bits per heavy atom. The van der Waals surface area contributed by atoms with Gasteiger partial charge in [0.2, 0.25) is 0 Å². The molecular weight excluding hydrogens is 190 g/mol. The Morgan fingerprint density at radius 3 is 2.86 bits per heavy atom. The van der Waals surface area contributed by atoms with Crippen LogP contribution in [0.1, 0.15) is 23.3 Å². The van der Waals surface area contributed by atoms with Crippen LogP contribution in [0.15, 0.2) is 24.1 Å². The van der Waals surface area contributed by atoms with Crippen molar-refractivity contribution in [1.29, 1.82) is 0 Å². The fourth-order valence-corrected chi connectivity index (χ4v) is 2.42. The fourth-order valence-electron chi connectivity index (χ4n) is 1.40. The molecule has 0 saturated heterocycles. The summed E-state index contributed by atoms with van der Waals surface area (Å²) in [6, 6.07) is 2.24. The zero-order valence-corrected chi connectivity index (χ0v) is 10.1. The molecule has 0 bridgehead atoms. The van der Waals surface area contributed by atoms with E-state index >= 15 is 0 Å². The second-order valence-corrected chi connectivity index (χ2v) is 4.84. The summed E-state index contributed by atoms with van der Waals surface area (Å²) in [6.07, 6.45) is 3.16. The van der Waals surface area contributed by atoms with Gasteiger partial charge in [0.1, 0.15) is 0 Å². The molecule has 0 aliphatic rings. The average Bonchev–Trinajstić information content (AvgIpc) is 2.61. The number of hydrogen-bond acceptors (Lipinski definition) is 2. The van der Waals surface area contributed by atoms with Crippen LogP contribution in [-0.2, 0) is 6.42 Å². The lowest BCUT2D eigenvalue weighted by molar-refractivity contribution is 0.413. The van der Waals surface area contributed by atoms with Crippen LogP contribution in [0.3, 0.4) is 0 Å². The van der Waals surface area contributed by atoms with Crippen molar-refractivity contribution < 1.29 is 0 Å². The average molecular weight is 209 g/mol. The van der Waals surface area contributed by atoms with E-state index in [1.807, 2.05) is 17.4 Å². The first-order valence-electron chi connectivity index (χ1n) is 4.98. The molecule has 0 spiro atoms. The van der Waals surface area contributed by atoms with Crippen LogP contribution in [0, 0.1) is 0 Å². The van der Waals surface area contributed by atoms with Crippen molar-refractivity contribution in [3.05, 3.63) is 34.5 Å². The third kappa shape index (κ3) is 2.96. The van der Waals surface area contributed by atoms with Gasteiger partial charge in [-0.05, 0) is 37.5 Å². The molecule has 0 saturated carbocycles. The van der Waals surface area contributed by atoms with E-state index in [1.54, 1.807) is 0 Å². The largest absolute Gasteiger partial charge is 0.309 e. The molecule has 1 rings (SSSR count). The molecule has 78 valence electrons. The van der Waals surface area contributed by atoms with Crippen molar-refractivity contribution >= 4 is 11.3 Å². The van der Waals surface area contributed by atoms with Crippen molar-refractivity contribution in [1.82, 2.24) is 4.90 Å². The molecule has 0 aliphatic heterocycles. The number of rotatable bonds is 5. The molecule has 1 aromatic rings. The standard InChI is InChI=1S/C12H19NS/c1-5-10(2)12-11(7-9-14-12)6-8-13(3)4/h5,7,9-10H,1,6,8H2,2-4H3. The van der Waals surface area contributed by atoms with Crippen molar-refractivity contribution in [2.24, 2.45) is 0 Å².